The third-order valence-electron chi connectivity index (χ3n) is 18.4. The van der Waals surface area contributed by atoms with Gasteiger partial charge < -0.3 is 4.90 Å². The Labute approximate surface area is 480 Å². The Balaban J connectivity index is 0.962. The van der Waals surface area contributed by atoms with Crippen LogP contribution in [0.5, 0.6) is 0 Å². The molecule has 13 aromatic rings. The van der Waals surface area contributed by atoms with Gasteiger partial charge in [-0.15, -0.1) is 0 Å². The quantitative estimate of drug-likeness (QED) is 0.143. The molecule has 3 aliphatic carbocycles. The maximum Gasteiger partial charge on any atom is 0.0788 e. The number of aromatic nitrogens is 1. The first-order chi connectivity index (χ1) is 40.4. The Bertz CT molecular complexity index is 4560. The van der Waals surface area contributed by atoms with E-state index in [2.05, 4.69) is 322 Å². The van der Waals surface area contributed by atoms with E-state index < -0.39 is 10.8 Å². The van der Waals surface area contributed by atoms with Crippen molar-refractivity contribution in [1.82, 2.24) is 4.98 Å². The number of pyridine rings is 1. The van der Waals surface area contributed by atoms with Gasteiger partial charge in [-0.3, -0.25) is 0 Å². The Hall–Kier alpha value is -10.2. The number of rotatable bonds is 9. The van der Waals surface area contributed by atoms with E-state index in [1.807, 2.05) is 0 Å². The van der Waals surface area contributed by atoms with Gasteiger partial charge in [-0.1, -0.05) is 263 Å². The average molecular weight is 1050 g/mol. The maximum atomic E-state index is 5.52. The Kier molecular flexibility index (Phi) is 10.8. The molecule has 82 heavy (non-hydrogen) atoms. The second kappa shape index (κ2) is 18.5. The minimum Gasteiger partial charge on any atom is -0.310 e. The van der Waals surface area contributed by atoms with Crippen LogP contribution >= 0.6 is 0 Å². The molecule has 12 aromatic carbocycles. The predicted molar refractivity (Wildman–Crippen MR) is 339 cm³/mol. The van der Waals surface area contributed by atoms with Crippen LogP contribution in [-0.4, -0.2) is 4.98 Å². The van der Waals surface area contributed by atoms with Crippen LogP contribution in [0.1, 0.15) is 69.5 Å². The molecule has 0 bridgehead atoms. The molecule has 386 valence electrons. The molecule has 0 spiro atoms. The fourth-order valence-corrected chi connectivity index (χ4v) is 14.8. The molecule has 0 unspecified atom stereocenters. The van der Waals surface area contributed by atoms with E-state index >= 15 is 0 Å². The fourth-order valence-electron chi connectivity index (χ4n) is 14.8. The van der Waals surface area contributed by atoms with E-state index in [1.165, 1.54) is 89.0 Å². The predicted octanol–water partition coefficient (Wildman–Crippen LogP) is 20.1. The number of nitrogens with zero attached hydrogens (tertiary/aromatic N) is 2. The summed E-state index contributed by atoms with van der Waals surface area (Å²) in [7, 11) is 0. The Morgan fingerprint density at radius 2 is 0.683 bits per heavy atom. The SMILES string of the molecule is CC1(C)c2ccccc2-c2ccc(N(c3ccc4c(c3)-c3ccc(-c5nc6ccccc6cc5-c5ccccc5)cc3C4(c3ccccc3)c3ccccc3)c3ccc4c(c3)C(c3ccccc3)(c3ccccc3)c3ccccc3-4)cc21. The average Bonchev–Trinajstić information content (AvgIpc) is 1.94. The lowest BCUT2D eigenvalue weighted by Gasteiger charge is -2.35. The van der Waals surface area contributed by atoms with E-state index in [0.29, 0.717) is 0 Å². The highest BCUT2D eigenvalue weighted by Crippen LogP contribution is 2.61. The largest absolute Gasteiger partial charge is 0.310 e. The van der Waals surface area contributed by atoms with Crippen LogP contribution in [0.4, 0.5) is 17.1 Å². The number of hydrogen-bond donors (Lipinski definition) is 0. The van der Waals surface area contributed by atoms with Crippen molar-refractivity contribution in [3.8, 4) is 55.8 Å². The first-order valence-electron chi connectivity index (χ1n) is 28.7. The molecule has 0 amide bonds. The van der Waals surface area contributed by atoms with Crippen molar-refractivity contribution >= 4 is 28.0 Å². The first kappa shape index (κ1) is 47.8. The van der Waals surface area contributed by atoms with Gasteiger partial charge in [0.05, 0.1) is 22.0 Å². The van der Waals surface area contributed by atoms with Gasteiger partial charge in [-0.25, -0.2) is 4.98 Å². The van der Waals surface area contributed by atoms with E-state index in [4.69, 9.17) is 4.98 Å². The molecule has 0 fully saturated rings. The summed E-state index contributed by atoms with van der Waals surface area (Å²) in [5, 5.41) is 1.12. The van der Waals surface area contributed by atoms with E-state index in [-0.39, 0.29) is 5.41 Å². The molecule has 1 aromatic heterocycles. The van der Waals surface area contributed by atoms with Crippen LogP contribution < -0.4 is 4.90 Å². The zero-order valence-corrected chi connectivity index (χ0v) is 45.8. The van der Waals surface area contributed by atoms with Crippen molar-refractivity contribution in [2.45, 2.75) is 30.1 Å². The summed E-state index contributed by atoms with van der Waals surface area (Å²) in [4.78, 5) is 8.06. The van der Waals surface area contributed by atoms with Crippen LogP contribution in [0.3, 0.4) is 0 Å². The second-order valence-corrected chi connectivity index (χ2v) is 22.9. The van der Waals surface area contributed by atoms with Gasteiger partial charge >= 0.3 is 0 Å². The standard InChI is InChI=1S/C80H56N2/c1-78(2)70-37-21-19-35-63(70)65-45-41-61(51-73(65)78)82(62-42-46-66-64-36-20-22-38-71(64)79(75(66)52-62,56-27-10-4-11-28-56)57-29-12-5-13-30-57)60-43-47-72-69(50-60)67-44-40-55(49-74(67)80(72,58-31-14-6-15-32-58)59-33-16-7-17-34-59)77-68(53-24-8-3-9-25-53)48-54-26-18-23-39-76(54)81-77/h3-52H,1-2H3. The molecule has 0 saturated heterocycles. The smallest absolute Gasteiger partial charge is 0.0788 e. The first-order valence-corrected chi connectivity index (χ1v) is 28.7. The summed E-state index contributed by atoms with van der Waals surface area (Å²) >= 11 is 0. The number of benzene rings is 12. The number of anilines is 3. The summed E-state index contributed by atoms with van der Waals surface area (Å²) in [5.74, 6) is 0. The van der Waals surface area contributed by atoms with Crippen molar-refractivity contribution in [2.75, 3.05) is 4.90 Å². The summed E-state index contributed by atoms with van der Waals surface area (Å²) < 4.78 is 0. The van der Waals surface area contributed by atoms with Crippen molar-refractivity contribution in [3.05, 3.63) is 359 Å². The molecule has 2 heteroatoms. The molecule has 2 nitrogen and oxygen atoms in total. The normalized spacial score (nSPS) is 14.3. The van der Waals surface area contributed by atoms with Crippen molar-refractivity contribution in [2.24, 2.45) is 0 Å². The van der Waals surface area contributed by atoms with E-state index in [1.54, 1.807) is 0 Å². The number of para-hydroxylation sites is 1. The maximum absolute atomic E-state index is 5.52. The molecular weight excluding hydrogens is 989 g/mol. The Morgan fingerprint density at radius 1 is 0.268 bits per heavy atom. The molecular formula is C80H56N2. The molecule has 0 N–H and O–H groups in total. The third-order valence-corrected chi connectivity index (χ3v) is 18.4. The molecule has 0 atom stereocenters. The van der Waals surface area contributed by atoms with Crippen molar-refractivity contribution < 1.29 is 0 Å². The van der Waals surface area contributed by atoms with Gasteiger partial charge in [0.2, 0.25) is 0 Å². The molecule has 16 rings (SSSR count). The number of fused-ring (bicyclic) bond motifs is 10. The monoisotopic (exact) mass is 1040 g/mol. The van der Waals surface area contributed by atoms with Gasteiger partial charge in [0.15, 0.2) is 0 Å². The Morgan fingerprint density at radius 3 is 1.29 bits per heavy atom. The van der Waals surface area contributed by atoms with Crippen molar-refractivity contribution in [1.29, 1.82) is 0 Å². The lowest BCUT2D eigenvalue weighted by Crippen LogP contribution is -2.29. The molecule has 0 aliphatic heterocycles. The minimum atomic E-state index is -0.663. The highest BCUT2D eigenvalue weighted by atomic mass is 15.1. The lowest BCUT2D eigenvalue weighted by atomic mass is 9.67. The third kappa shape index (κ3) is 6.91. The molecule has 3 aliphatic rings. The van der Waals surface area contributed by atoms with Gasteiger partial charge in [0.1, 0.15) is 0 Å². The van der Waals surface area contributed by atoms with Crippen LogP contribution in [-0.2, 0) is 16.2 Å². The highest BCUT2D eigenvalue weighted by Gasteiger charge is 2.49. The van der Waals surface area contributed by atoms with Gasteiger partial charge in [0, 0.05) is 39.0 Å². The summed E-state index contributed by atoms with van der Waals surface area (Å²) in [6, 6.07) is 113. The van der Waals surface area contributed by atoms with Gasteiger partial charge in [-0.05, 0) is 149 Å². The number of hydrogen-bond acceptors (Lipinski definition) is 2. The zero-order valence-electron chi connectivity index (χ0n) is 45.8. The van der Waals surface area contributed by atoms with Crippen LogP contribution in [0.25, 0.3) is 66.7 Å². The molecule has 0 saturated carbocycles. The molecule has 1 heterocycles. The zero-order chi connectivity index (χ0) is 54.6. The summed E-state index contributed by atoms with van der Waals surface area (Å²) in [6.07, 6.45) is 0. The van der Waals surface area contributed by atoms with Crippen molar-refractivity contribution in [3.63, 3.8) is 0 Å². The lowest BCUT2D eigenvalue weighted by molar-refractivity contribution is 0.660. The van der Waals surface area contributed by atoms with Gasteiger partial charge in [-0.2, -0.15) is 0 Å². The van der Waals surface area contributed by atoms with Crippen LogP contribution in [0.15, 0.2) is 303 Å². The fraction of sp³-hybridized carbons (Fsp3) is 0.0625. The second-order valence-electron chi connectivity index (χ2n) is 22.9. The minimum absolute atomic E-state index is 0.206. The van der Waals surface area contributed by atoms with Crippen LogP contribution in [0.2, 0.25) is 0 Å². The highest BCUT2D eigenvalue weighted by molar-refractivity contribution is 5.97. The summed E-state index contributed by atoms with van der Waals surface area (Å²) in [6.45, 7) is 4.77. The van der Waals surface area contributed by atoms with E-state index in [9.17, 15) is 0 Å². The molecule has 0 radical (unpaired) electrons. The topological polar surface area (TPSA) is 16.1 Å². The van der Waals surface area contributed by atoms with Gasteiger partial charge in [0.25, 0.3) is 0 Å². The van der Waals surface area contributed by atoms with E-state index in [0.717, 1.165) is 50.3 Å². The van der Waals surface area contributed by atoms with Crippen LogP contribution in [0, 0.1) is 0 Å². The summed E-state index contributed by atoms with van der Waals surface area (Å²) in [5.41, 5.74) is 27.3.